The molecule has 0 saturated heterocycles. The first-order valence-electron chi connectivity index (χ1n) is 5.69. The summed E-state index contributed by atoms with van der Waals surface area (Å²) in [5, 5.41) is 0.671. The van der Waals surface area contributed by atoms with Crippen LogP contribution in [0.15, 0.2) is 47.4 Å². The fraction of sp³-hybridized carbons (Fsp3) is 0.0769. The van der Waals surface area contributed by atoms with Gasteiger partial charge in [0.1, 0.15) is 0 Å². The second-order valence-electron chi connectivity index (χ2n) is 4.08. The number of nitrogens with one attached hydrogen (secondary N) is 1. The van der Waals surface area contributed by atoms with Crippen molar-refractivity contribution in [3.8, 4) is 0 Å². The summed E-state index contributed by atoms with van der Waals surface area (Å²) >= 11 is 11.7. The van der Waals surface area contributed by atoms with E-state index in [4.69, 9.17) is 28.9 Å². The highest BCUT2D eigenvalue weighted by Gasteiger charge is 2.15. The van der Waals surface area contributed by atoms with Crippen LogP contribution in [0, 0.1) is 0 Å². The van der Waals surface area contributed by atoms with Gasteiger partial charge in [-0.05, 0) is 35.9 Å². The fourth-order valence-corrected chi connectivity index (χ4v) is 3.17. The van der Waals surface area contributed by atoms with E-state index in [1.165, 1.54) is 24.3 Å². The van der Waals surface area contributed by atoms with E-state index in [2.05, 4.69) is 4.72 Å². The van der Waals surface area contributed by atoms with E-state index in [1.807, 2.05) is 0 Å². The molecule has 0 aliphatic heterocycles. The zero-order chi connectivity index (χ0) is 14.8. The Morgan fingerprint density at radius 3 is 2.25 bits per heavy atom. The van der Waals surface area contributed by atoms with Crippen LogP contribution in [0.25, 0.3) is 0 Å². The van der Waals surface area contributed by atoms with Crippen LogP contribution in [0.3, 0.4) is 0 Å². The van der Waals surface area contributed by atoms with Gasteiger partial charge < -0.3 is 5.73 Å². The topological polar surface area (TPSA) is 72.2 Å². The second kappa shape index (κ2) is 6.01. The first-order chi connectivity index (χ1) is 9.42. The lowest BCUT2D eigenvalue weighted by Gasteiger charge is -2.10. The number of hydrogen-bond donors (Lipinski definition) is 2. The first kappa shape index (κ1) is 15.1. The minimum absolute atomic E-state index is 0.140. The number of rotatable bonds is 4. The summed E-state index contributed by atoms with van der Waals surface area (Å²) < 4.78 is 26.8. The van der Waals surface area contributed by atoms with Crippen molar-refractivity contribution in [3.05, 3.63) is 58.1 Å². The SMILES string of the molecule is NCc1ccc(S(=O)(=O)Nc2ccc(Cl)cc2Cl)cc1. The van der Waals surface area contributed by atoms with Crippen molar-refractivity contribution in [2.24, 2.45) is 5.73 Å². The molecule has 0 saturated carbocycles. The molecular formula is C13H12Cl2N2O2S. The number of anilines is 1. The van der Waals surface area contributed by atoms with Gasteiger partial charge in [-0.25, -0.2) is 8.42 Å². The zero-order valence-corrected chi connectivity index (χ0v) is 12.6. The lowest BCUT2D eigenvalue weighted by Crippen LogP contribution is -2.13. The summed E-state index contributed by atoms with van der Waals surface area (Å²) in [4.78, 5) is 0.140. The molecule has 20 heavy (non-hydrogen) atoms. The Morgan fingerprint density at radius 2 is 1.70 bits per heavy atom. The van der Waals surface area contributed by atoms with Gasteiger partial charge in [0.25, 0.3) is 10.0 Å². The van der Waals surface area contributed by atoms with E-state index >= 15 is 0 Å². The molecule has 0 atom stereocenters. The summed E-state index contributed by atoms with van der Waals surface area (Å²) in [5.41, 5.74) is 6.60. The number of halogens is 2. The highest BCUT2D eigenvalue weighted by atomic mass is 35.5. The molecule has 0 aromatic heterocycles. The highest BCUT2D eigenvalue weighted by Crippen LogP contribution is 2.27. The summed E-state index contributed by atoms with van der Waals surface area (Å²) in [5.74, 6) is 0. The third-order valence-electron chi connectivity index (χ3n) is 2.64. The number of hydrogen-bond acceptors (Lipinski definition) is 3. The van der Waals surface area contributed by atoms with Gasteiger partial charge in [-0.1, -0.05) is 35.3 Å². The van der Waals surface area contributed by atoms with Crippen LogP contribution in [0.5, 0.6) is 0 Å². The molecule has 0 amide bonds. The molecule has 0 aliphatic carbocycles. The largest absolute Gasteiger partial charge is 0.326 e. The minimum atomic E-state index is -3.69. The van der Waals surface area contributed by atoms with Crippen LogP contribution < -0.4 is 10.5 Å². The Kier molecular flexibility index (Phi) is 4.55. The molecule has 0 bridgehead atoms. The predicted octanol–water partition coefficient (Wildman–Crippen LogP) is 3.25. The van der Waals surface area contributed by atoms with Crippen molar-refractivity contribution in [3.63, 3.8) is 0 Å². The maximum absolute atomic E-state index is 12.2. The van der Waals surface area contributed by atoms with Gasteiger partial charge in [0.2, 0.25) is 0 Å². The quantitative estimate of drug-likeness (QED) is 0.903. The first-order valence-corrected chi connectivity index (χ1v) is 7.93. The van der Waals surface area contributed by atoms with Gasteiger partial charge in [-0.3, -0.25) is 4.72 Å². The highest BCUT2D eigenvalue weighted by molar-refractivity contribution is 7.92. The van der Waals surface area contributed by atoms with E-state index in [0.29, 0.717) is 11.6 Å². The minimum Gasteiger partial charge on any atom is -0.326 e. The van der Waals surface area contributed by atoms with E-state index in [9.17, 15) is 8.42 Å². The van der Waals surface area contributed by atoms with E-state index in [1.54, 1.807) is 18.2 Å². The van der Waals surface area contributed by atoms with Crippen LogP contribution >= 0.6 is 23.2 Å². The fourth-order valence-electron chi connectivity index (χ4n) is 1.58. The maximum Gasteiger partial charge on any atom is 0.261 e. The van der Waals surface area contributed by atoms with E-state index in [0.717, 1.165) is 5.56 Å². The molecule has 0 heterocycles. The van der Waals surface area contributed by atoms with Crippen LogP contribution in [-0.4, -0.2) is 8.42 Å². The normalized spacial score (nSPS) is 11.3. The second-order valence-corrected chi connectivity index (χ2v) is 6.60. The molecule has 0 radical (unpaired) electrons. The average molecular weight is 331 g/mol. The van der Waals surface area contributed by atoms with Gasteiger partial charge in [0.15, 0.2) is 0 Å². The van der Waals surface area contributed by atoms with Crippen LogP contribution in [0.1, 0.15) is 5.56 Å². The smallest absolute Gasteiger partial charge is 0.261 e. The summed E-state index contributed by atoms with van der Waals surface area (Å²) in [6.07, 6.45) is 0. The van der Waals surface area contributed by atoms with Gasteiger partial charge in [0.05, 0.1) is 15.6 Å². The van der Waals surface area contributed by atoms with E-state index in [-0.39, 0.29) is 15.6 Å². The summed E-state index contributed by atoms with van der Waals surface area (Å²) in [7, 11) is -3.69. The van der Waals surface area contributed by atoms with Gasteiger partial charge in [-0.2, -0.15) is 0 Å². The molecule has 0 fully saturated rings. The number of nitrogens with two attached hydrogens (primary N) is 1. The molecule has 2 rings (SSSR count). The Labute approximate surface area is 127 Å². The molecule has 106 valence electrons. The third-order valence-corrected chi connectivity index (χ3v) is 4.57. The lowest BCUT2D eigenvalue weighted by molar-refractivity contribution is 0.601. The van der Waals surface area contributed by atoms with Gasteiger partial charge in [0, 0.05) is 11.6 Å². The monoisotopic (exact) mass is 330 g/mol. The zero-order valence-electron chi connectivity index (χ0n) is 10.3. The Bertz CT molecular complexity index is 716. The Morgan fingerprint density at radius 1 is 1.05 bits per heavy atom. The van der Waals surface area contributed by atoms with Crippen molar-refractivity contribution in [1.82, 2.24) is 0 Å². The third kappa shape index (κ3) is 3.43. The van der Waals surface area contributed by atoms with E-state index < -0.39 is 10.0 Å². The number of benzene rings is 2. The molecule has 0 aliphatic rings. The Balaban J connectivity index is 2.30. The van der Waals surface area contributed by atoms with Crippen molar-refractivity contribution in [2.75, 3.05) is 4.72 Å². The van der Waals surface area contributed by atoms with Crippen molar-refractivity contribution >= 4 is 38.9 Å². The van der Waals surface area contributed by atoms with Crippen molar-refractivity contribution in [1.29, 1.82) is 0 Å². The Hall–Kier alpha value is -1.27. The molecule has 7 heteroatoms. The van der Waals surface area contributed by atoms with Crippen LogP contribution in [-0.2, 0) is 16.6 Å². The standard InChI is InChI=1S/C13H12Cl2N2O2S/c14-10-3-6-13(12(15)7-10)17-20(18,19)11-4-1-9(8-16)2-5-11/h1-7,17H,8,16H2. The lowest BCUT2D eigenvalue weighted by atomic mass is 10.2. The van der Waals surface area contributed by atoms with Crippen LogP contribution in [0.2, 0.25) is 10.0 Å². The van der Waals surface area contributed by atoms with Crippen molar-refractivity contribution in [2.45, 2.75) is 11.4 Å². The maximum atomic E-state index is 12.2. The average Bonchev–Trinajstić information content (AvgIpc) is 2.42. The number of sulfonamides is 1. The summed E-state index contributed by atoms with van der Waals surface area (Å²) in [6, 6.07) is 10.9. The predicted molar refractivity (Wildman–Crippen MR) is 81.6 cm³/mol. The van der Waals surface area contributed by atoms with Crippen LogP contribution in [0.4, 0.5) is 5.69 Å². The summed E-state index contributed by atoms with van der Waals surface area (Å²) in [6.45, 7) is 0.358. The van der Waals surface area contributed by atoms with Gasteiger partial charge >= 0.3 is 0 Å². The molecule has 0 spiro atoms. The molecule has 2 aromatic rings. The van der Waals surface area contributed by atoms with Gasteiger partial charge in [-0.15, -0.1) is 0 Å². The molecule has 3 N–H and O–H groups in total. The van der Waals surface area contributed by atoms with Crippen molar-refractivity contribution < 1.29 is 8.42 Å². The molecule has 4 nitrogen and oxygen atoms in total. The molecule has 0 unspecified atom stereocenters. The molecular weight excluding hydrogens is 319 g/mol. The molecule has 2 aromatic carbocycles.